The number of hydrogen-bond acceptors (Lipinski definition) is 5. The molecule has 128 valence electrons. The lowest BCUT2D eigenvalue weighted by Crippen LogP contribution is -2.36. The van der Waals surface area contributed by atoms with E-state index in [9.17, 15) is 14.7 Å². The Kier molecular flexibility index (Phi) is 6.34. The van der Waals surface area contributed by atoms with Crippen LogP contribution in [-0.4, -0.2) is 37.6 Å². The van der Waals surface area contributed by atoms with Crippen molar-refractivity contribution in [1.29, 1.82) is 0 Å². The number of hydrogen-bond donors (Lipinski definition) is 3. The summed E-state index contributed by atoms with van der Waals surface area (Å²) in [7, 11) is 3.84. The highest BCUT2D eigenvalue weighted by molar-refractivity contribution is 7.07. The van der Waals surface area contributed by atoms with Crippen molar-refractivity contribution < 1.29 is 14.7 Å². The van der Waals surface area contributed by atoms with Crippen LogP contribution in [0.4, 0.5) is 11.4 Å². The standard InChI is InChI=1S/C17H21N3O3S/c1-20(2)14-5-3-13(4-6-14)19-17(23)16(22)18-9-7-15(21)12-8-10-24-11-12/h3-6,8,10-11,15,21H,7,9H2,1-2H3,(H,18,22)(H,19,23)/t15-/m0/s1. The lowest BCUT2D eigenvalue weighted by Gasteiger charge is -2.13. The number of carbonyl (C=O) groups excluding carboxylic acids is 2. The van der Waals surface area contributed by atoms with Crippen LogP contribution in [0.3, 0.4) is 0 Å². The van der Waals surface area contributed by atoms with Crippen LogP contribution in [-0.2, 0) is 9.59 Å². The van der Waals surface area contributed by atoms with Gasteiger partial charge in [-0.2, -0.15) is 11.3 Å². The molecule has 1 aromatic carbocycles. The van der Waals surface area contributed by atoms with Gasteiger partial charge in [0.05, 0.1) is 6.10 Å². The number of anilines is 2. The van der Waals surface area contributed by atoms with Gasteiger partial charge in [0.1, 0.15) is 0 Å². The molecule has 0 saturated heterocycles. The van der Waals surface area contributed by atoms with E-state index in [1.54, 1.807) is 12.1 Å². The molecule has 0 aliphatic heterocycles. The molecule has 0 fully saturated rings. The molecule has 0 bridgehead atoms. The van der Waals surface area contributed by atoms with Crippen LogP contribution in [0.25, 0.3) is 0 Å². The maximum absolute atomic E-state index is 11.8. The molecule has 1 heterocycles. The summed E-state index contributed by atoms with van der Waals surface area (Å²) in [6, 6.07) is 9.01. The van der Waals surface area contributed by atoms with Crippen LogP contribution in [0.15, 0.2) is 41.1 Å². The molecule has 0 saturated carbocycles. The van der Waals surface area contributed by atoms with Crippen LogP contribution >= 0.6 is 11.3 Å². The lowest BCUT2D eigenvalue weighted by molar-refractivity contribution is -0.136. The number of nitrogens with zero attached hydrogens (tertiary/aromatic N) is 1. The average molecular weight is 347 g/mol. The van der Waals surface area contributed by atoms with Gasteiger partial charge < -0.3 is 20.6 Å². The number of amides is 2. The smallest absolute Gasteiger partial charge is 0.313 e. The molecule has 3 N–H and O–H groups in total. The summed E-state index contributed by atoms with van der Waals surface area (Å²) in [5.74, 6) is -1.44. The first-order valence-corrected chi connectivity index (χ1v) is 8.48. The van der Waals surface area contributed by atoms with Crippen LogP contribution in [0.2, 0.25) is 0 Å². The Morgan fingerprint density at radius 2 is 1.88 bits per heavy atom. The van der Waals surface area contributed by atoms with Gasteiger partial charge in [0.15, 0.2) is 0 Å². The molecule has 1 atom stereocenters. The predicted molar refractivity (Wildman–Crippen MR) is 96.3 cm³/mol. The second-order valence-electron chi connectivity index (χ2n) is 5.51. The quantitative estimate of drug-likeness (QED) is 0.698. The van der Waals surface area contributed by atoms with E-state index < -0.39 is 17.9 Å². The van der Waals surface area contributed by atoms with E-state index >= 15 is 0 Å². The van der Waals surface area contributed by atoms with Crippen molar-refractivity contribution in [2.24, 2.45) is 0 Å². The zero-order chi connectivity index (χ0) is 17.5. The maximum Gasteiger partial charge on any atom is 0.313 e. The number of carbonyl (C=O) groups is 2. The Morgan fingerprint density at radius 3 is 2.46 bits per heavy atom. The number of nitrogens with one attached hydrogen (secondary N) is 2. The van der Waals surface area contributed by atoms with Gasteiger partial charge in [-0.05, 0) is 53.1 Å². The molecule has 24 heavy (non-hydrogen) atoms. The van der Waals surface area contributed by atoms with Crippen LogP contribution in [0.1, 0.15) is 18.1 Å². The van der Waals surface area contributed by atoms with Crippen molar-refractivity contribution in [2.75, 3.05) is 30.9 Å². The summed E-state index contributed by atoms with van der Waals surface area (Å²) in [5, 5.41) is 18.7. The predicted octanol–water partition coefficient (Wildman–Crippen LogP) is 1.99. The van der Waals surface area contributed by atoms with Crippen molar-refractivity contribution in [2.45, 2.75) is 12.5 Å². The first-order valence-electron chi connectivity index (χ1n) is 7.54. The van der Waals surface area contributed by atoms with Gasteiger partial charge in [0.25, 0.3) is 0 Å². The van der Waals surface area contributed by atoms with Crippen LogP contribution < -0.4 is 15.5 Å². The minimum Gasteiger partial charge on any atom is -0.388 e. The van der Waals surface area contributed by atoms with Crippen molar-refractivity contribution in [3.63, 3.8) is 0 Å². The lowest BCUT2D eigenvalue weighted by atomic mass is 10.1. The molecule has 1 aromatic heterocycles. The molecular weight excluding hydrogens is 326 g/mol. The molecule has 2 aromatic rings. The number of thiophene rings is 1. The molecule has 2 amide bonds. The third-order valence-corrected chi connectivity index (χ3v) is 4.18. The number of aliphatic hydroxyl groups is 1. The second kappa shape index (κ2) is 8.47. The van der Waals surface area contributed by atoms with Gasteiger partial charge >= 0.3 is 11.8 Å². The van der Waals surface area contributed by atoms with E-state index in [0.29, 0.717) is 12.1 Å². The zero-order valence-corrected chi connectivity index (χ0v) is 14.5. The largest absolute Gasteiger partial charge is 0.388 e. The monoisotopic (exact) mass is 347 g/mol. The molecule has 7 heteroatoms. The van der Waals surface area contributed by atoms with E-state index in [1.165, 1.54) is 11.3 Å². The van der Waals surface area contributed by atoms with Gasteiger partial charge in [0, 0.05) is 32.0 Å². The summed E-state index contributed by atoms with van der Waals surface area (Å²) in [4.78, 5) is 25.6. The molecular formula is C17H21N3O3S. The molecule has 0 spiro atoms. The van der Waals surface area contributed by atoms with Crippen molar-refractivity contribution >= 4 is 34.5 Å². The number of benzene rings is 1. The van der Waals surface area contributed by atoms with Crippen molar-refractivity contribution in [1.82, 2.24) is 5.32 Å². The fourth-order valence-electron chi connectivity index (χ4n) is 2.06. The minimum atomic E-state index is -0.724. The highest BCUT2D eigenvalue weighted by Gasteiger charge is 2.14. The average Bonchev–Trinajstić information content (AvgIpc) is 3.09. The first-order chi connectivity index (χ1) is 11.5. The molecule has 0 unspecified atom stereocenters. The van der Waals surface area contributed by atoms with E-state index in [2.05, 4.69) is 10.6 Å². The van der Waals surface area contributed by atoms with Gasteiger partial charge in [-0.25, -0.2) is 0 Å². The Hall–Kier alpha value is -2.38. The Morgan fingerprint density at radius 1 is 1.17 bits per heavy atom. The Bertz CT molecular complexity index is 669. The minimum absolute atomic E-state index is 0.225. The molecule has 0 aliphatic rings. The summed E-state index contributed by atoms with van der Waals surface area (Å²) in [6.07, 6.45) is -0.286. The number of rotatable bonds is 6. The Labute approximate surface area is 145 Å². The van der Waals surface area contributed by atoms with E-state index in [1.807, 2.05) is 48.0 Å². The third-order valence-electron chi connectivity index (χ3n) is 3.48. The zero-order valence-electron chi connectivity index (χ0n) is 13.7. The van der Waals surface area contributed by atoms with E-state index in [4.69, 9.17) is 0 Å². The summed E-state index contributed by atoms with van der Waals surface area (Å²) >= 11 is 1.50. The van der Waals surface area contributed by atoms with Crippen molar-refractivity contribution in [3.8, 4) is 0 Å². The fourth-order valence-corrected chi connectivity index (χ4v) is 2.77. The normalized spacial score (nSPS) is 11.6. The second-order valence-corrected chi connectivity index (χ2v) is 6.29. The summed E-state index contributed by atoms with van der Waals surface area (Å²) in [5.41, 5.74) is 2.37. The first kappa shape index (κ1) is 18.0. The van der Waals surface area contributed by atoms with Crippen LogP contribution in [0, 0.1) is 0 Å². The SMILES string of the molecule is CN(C)c1ccc(NC(=O)C(=O)NCC[C@H](O)c2ccsc2)cc1. The molecule has 0 radical (unpaired) electrons. The van der Waals surface area contributed by atoms with Crippen LogP contribution in [0.5, 0.6) is 0 Å². The van der Waals surface area contributed by atoms with Gasteiger partial charge in [-0.15, -0.1) is 0 Å². The topological polar surface area (TPSA) is 81.7 Å². The van der Waals surface area contributed by atoms with Gasteiger partial charge in [0.2, 0.25) is 0 Å². The molecule has 6 nitrogen and oxygen atoms in total. The fraction of sp³-hybridized carbons (Fsp3) is 0.294. The van der Waals surface area contributed by atoms with Gasteiger partial charge in [-0.3, -0.25) is 9.59 Å². The third kappa shape index (κ3) is 5.07. The highest BCUT2D eigenvalue weighted by Crippen LogP contribution is 2.18. The number of aliphatic hydroxyl groups excluding tert-OH is 1. The Balaban J connectivity index is 1.76. The van der Waals surface area contributed by atoms with E-state index in [-0.39, 0.29) is 6.54 Å². The maximum atomic E-state index is 11.8. The summed E-state index contributed by atoms with van der Waals surface area (Å²) in [6.45, 7) is 0.225. The van der Waals surface area contributed by atoms with Crippen molar-refractivity contribution in [3.05, 3.63) is 46.7 Å². The summed E-state index contributed by atoms with van der Waals surface area (Å²) < 4.78 is 0. The van der Waals surface area contributed by atoms with Gasteiger partial charge in [-0.1, -0.05) is 0 Å². The van der Waals surface area contributed by atoms with E-state index in [0.717, 1.165) is 11.3 Å². The molecule has 0 aliphatic carbocycles. The molecule has 2 rings (SSSR count). The highest BCUT2D eigenvalue weighted by atomic mass is 32.1.